The number of aryl methyl sites for hydroxylation is 1. The highest BCUT2D eigenvalue weighted by Gasteiger charge is 2.34. The molecule has 1 fully saturated rings. The first kappa shape index (κ1) is 22.2. The van der Waals surface area contributed by atoms with E-state index in [1.807, 2.05) is 13.0 Å². The fourth-order valence-electron chi connectivity index (χ4n) is 3.62. The number of benzene rings is 1. The van der Waals surface area contributed by atoms with Crippen LogP contribution in [0.3, 0.4) is 0 Å². The highest BCUT2D eigenvalue weighted by atomic mass is 16.3. The quantitative estimate of drug-likeness (QED) is 0.587. The third-order valence-electron chi connectivity index (χ3n) is 5.55. The predicted octanol–water partition coefficient (Wildman–Crippen LogP) is 1.46. The van der Waals surface area contributed by atoms with E-state index in [4.69, 9.17) is 5.73 Å². The number of piperidine rings is 1. The van der Waals surface area contributed by atoms with Crippen molar-refractivity contribution in [1.29, 1.82) is 0 Å². The zero-order valence-corrected chi connectivity index (χ0v) is 18.4. The lowest BCUT2D eigenvalue weighted by molar-refractivity contribution is -0.138. The summed E-state index contributed by atoms with van der Waals surface area (Å²) in [5.41, 5.74) is 6.80. The highest BCUT2D eigenvalue weighted by Crippen LogP contribution is 2.24. The monoisotopic (exact) mass is 444 g/mol. The van der Waals surface area contributed by atoms with Gasteiger partial charge >= 0.3 is 0 Å². The average Bonchev–Trinajstić information content (AvgIpc) is 3.29. The molecule has 2 amide bonds. The molecule has 168 valence electrons. The molecule has 3 aromatic rings. The minimum Gasteiger partial charge on any atom is -0.377 e. The Morgan fingerprint density at radius 1 is 1.27 bits per heavy atom. The van der Waals surface area contributed by atoms with Crippen LogP contribution in [0.25, 0.3) is 22.8 Å². The summed E-state index contributed by atoms with van der Waals surface area (Å²) in [4.78, 5) is 34.4. The zero-order chi connectivity index (χ0) is 23.6. The van der Waals surface area contributed by atoms with E-state index in [0.29, 0.717) is 42.2 Å². The molecule has 1 aromatic carbocycles. The molecule has 1 saturated heterocycles. The van der Waals surface area contributed by atoms with Crippen LogP contribution in [0, 0.1) is 11.8 Å². The van der Waals surface area contributed by atoms with Gasteiger partial charge in [0.15, 0.2) is 5.82 Å². The summed E-state index contributed by atoms with van der Waals surface area (Å²) in [6.45, 7) is 3.05. The van der Waals surface area contributed by atoms with E-state index < -0.39 is 11.5 Å². The third-order valence-corrected chi connectivity index (χ3v) is 5.55. The van der Waals surface area contributed by atoms with E-state index >= 15 is 0 Å². The van der Waals surface area contributed by atoms with E-state index in [1.165, 1.54) is 0 Å². The van der Waals surface area contributed by atoms with Gasteiger partial charge < -0.3 is 15.7 Å². The average molecular weight is 444 g/mol. The van der Waals surface area contributed by atoms with Gasteiger partial charge in [0.2, 0.25) is 5.91 Å². The molecule has 2 aromatic heterocycles. The van der Waals surface area contributed by atoms with Crippen molar-refractivity contribution < 1.29 is 14.7 Å². The molecule has 0 radical (unpaired) electrons. The lowest BCUT2D eigenvalue weighted by atomic mass is 9.91. The Bertz CT molecular complexity index is 1290. The summed E-state index contributed by atoms with van der Waals surface area (Å²) >= 11 is 0. The summed E-state index contributed by atoms with van der Waals surface area (Å²) in [5.74, 6) is 5.34. The number of aromatic nitrogens is 4. The molecule has 3 N–H and O–H groups in total. The molecule has 0 saturated carbocycles. The fourth-order valence-corrected chi connectivity index (χ4v) is 3.62. The SMILES string of the molecule is CCn1nccc1-c1cc(C(N)=O)nc(-c2cccc(C#C[C@]3(O)CCN(C)C(=O)C3)c2)n1. The van der Waals surface area contributed by atoms with Gasteiger partial charge in [-0.05, 0) is 31.2 Å². The standard InChI is InChI=1S/C24H24N6O3/c1-3-30-20(8-11-26-30)18-14-19(22(25)32)28-23(27-18)17-6-4-5-16(13-17)7-9-24(33)10-12-29(2)21(31)15-24/h4-6,8,11,13-14,33H,3,10,12,15H2,1-2H3,(H2,25,32)/t24-/m0/s1. The van der Waals surface area contributed by atoms with Crippen LogP contribution in [-0.4, -0.2) is 60.8 Å². The molecule has 0 unspecified atom stereocenters. The molecule has 1 atom stereocenters. The summed E-state index contributed by atoms with van der Waals surface area (Å²) in [5, 5.41) is 14.9. The Morgan fingerprint density at radius 2 is 2.09 bits per heavy atom. The highest BCUT2D eigenvalue weighted by molar-refractivity contribution is 5.92. The number of nitrogens with two attached hydrogens (primary N) is 1. The van der Waals surface area contributed by atoms with Gasteiger partial charge in [-0.1, -0.05) is 24.0 Å². The number of likely N-dealkylation sites (tertiary alicyclic amines) is 1. The number of hydrogen-bond donors (Lipinski definition) is 2. The lowest BCUT2D eigenvalue weighted by Crippen LogP contribution is -2.45. The van der Waals surface area contributed by atoms with Crippen molar-refractivity contribution in [3.05, 3.63) is 53.9 Å². The molecule has 3 heterocycles. The maximum atomic E-state index is 12.0. The Kier molecular flexibility index (Phi) is 5.94. The zero-order valence-electron chi connectivity index (χ0n) is 18.4. The number of aliphatic hydroxyl groups is 1. The van der Waals surface area contributed by atoms with Gasteiger partial charge in [0.1, 0.15) is 11.3 Å². The smallest absolute Gasteiger partial charge is 0.267 e. The molecule has 9 nitrogen and oxygen atoms in total. The molecular formula is C24H24N6O3. The number of carbonyl (C=O) groups is 2. The second kappa shape index (κ2) is 8.84. The van der Waals surface area contributed by atoms with E-state index in [-0.39, 0.29) is 18.0 Å². The number of hydrogen-bond acceptors (Lipinski definition) is 6. The topological polar surface area (TPSA) is 127 Å². The van der Waals surface area contributed by atoms with Gasteiger partial charge in [-0.15, -0.1) is 0 Å². The van der Waals surface area contributed by atoms with Crippen molar-refractivity contribution in [2.45, 2.75) is 31.9 Å². The summed E-state index contributed by atoms with van der Waals surface area (Å²) in [7, 11) is 1.71. The molecular weight excluding hydrogens is 420 g/mol. The van der Waals surface area contributed by atoms with Crippen LogP contribution >= 0.6 is 0 Å². The second-order valence-corrected chi connectivity index (χ2v) is 7.96. The summed E-state index contributed by atoms with van der Waals surface area (Å²) in [6, 6.07) is 10.5. The van der Waals surface area contributed by atoms with Crippen LogP contribution in [0.1, 0.15) is 35.8 Å². The molecule has 9 heteroatoms. The number of primary amides is 1. The van der Waals surface area contributed by atoms with Gasteiger partial charge in [-0.3, -0.25) is 14.3 Å². The van der Waals surface area contributed by atoms with Crippen molar-refractivity contribution in [3.8, 4) is 34.6 Å². The Morgan fingerprint density at radius 3 is 2.82 bits per heavy atom. The molecule has 33 heavy (non-hydrogen) atoms. The number of carbonyl (C=O) groups excluding carboxylic acids is 2. The van der Waals surface area contributed by atoms with Crippen LogP contribution in [0.5, 0.6) is 0 Å². The maximum absolute atomic E-state index is 12.0. The molecule has 0 aliphatic carbocycles. The van der Waals surface area contributed by atoms with Crippen molar-refractivity contribution >= 4 is 11.8 Å². The van der Waals surface area contributed by atoms with E-state index in [0.717, 1.165) is 5.69 Å². The van der Waals surface area contributed by atoms with Crippen LogP contribution in [0.2, 0.25) is 0 Å². The van der Waals surface area contributed by atoms with Crippen LogP contribution in [-0.2, 0) is 11.3 Å². The van der Waals surface area contributed by atoms with Crippen LogP contribution in [0.15, 0.2) is 42.6 Å². The number of rotatable bonds is 4. The molecule has 0 spiro atoms. The summed E-state index contributed by atoms with van der Waals surface area (Å²) < 4.78 is 1.77. The van der Waals surface area contributed by atoms with Crippen molar-refractivity contribution in [2.24, 2.45) is 5.73 Å². The predicted molar refractivity (Wildman–Crippen MR) is 122 cm³/mol. The first-order valence-corrected chi connectivity index (χ1v) is 10.6. The van der Waals surface area contributed by atoms with Gasteiger partial charge in [-0.25, -0.2) is 9.97 Å². The molecule has 0 bridgehead atoms. The van der Waals surface area contributed by atoms with E-state index in [2.05, 4.69) is 26.9 Å². The van der Waals surface area contributed by atoms with Gasteiger partial charge in [0.25, 0.3) is 5.91 Å². The molecule has 4 rings (SSSR count). The largest absolute Gasteiger partial charge is 0.377 e. The Hall–Kier alpha value is -4.03. The number of amides is 2. The van der Waals surface area contributed by atoms with E-state index in [9.17, 15) is 14.7 Å². The van der Waals surface area contributed by atoms with E-state index in [1.54, 1.807) is 53.2 Å². The van der Waals surface area contributed by atoms with Gasteiger partial charge in [-0.2, -0.15) is 5.10 Å². The van der Waals surface area contributed by atoms with Crippen molar-refractivity contribution in [1.82, 2.24) is 24.6 Å². The maximum Gasteiger partial charge on any atom is 0.267 e. The van der Waals surface area contributed by atoms with Crippen molar-refractivity contribution in [2.75, 3.05) is 13.6 Å². The van der Waals surface area contributed by atoms with Crippen LogP contribution in [0.4, 0.5) is 0 Å². The minimum atomic E-state index is -1.35. The van der Waals surface area contributed by atoms with Gasteiger partial charge in [0, 0.05) is 43.9 Å². The second-order valence-electron chi connectivity index (χ2n) is 7.96. The van der Waals surface area contributed by atoms with Crippen LogP contribution < -0.4 is 5.73 Å². The summed E-state index contributed by atoms with van der Waals surface area (Å²) in [6.07, 6.45) is 2.02. The third kappa shape index (κ3) is 4.76. The first-order valence-electron chi connectivity index (χ1n) is 10.6. The Balaban J connectivity index is 1.70. The molecule has 1 aliphatic heterocycles. The fraction of sp³-hybridized carbons (Fsp3) is 0.292. The minimum absolute atomic E-state index is 0.0333. The Labute approximate surface area is 191 Å². The lowest BCUT2D eigenvalue weighted by Gasteiger charge is -2.32. The first-order chi connectivity index (χ1) is 15.8. The molecule has 1 aliphatic rings. The number of nitrogens with zero attached hydrogens (tertiary/aromatic N) is 5. The van der Waals surface area contributed by atoms with Crippen molar-refractivity contribution in [3.63, 3.8) is 0 Å². The normalized spacial score (nSPS) is 18.0. The van der Waals surface area contributed by atoms with Gasteiger partial charge in [0.05, 0.1) is 17.8 Å².